The van der Waals surface area contributed by atoms with Crippen LogP contribution >= 0.6 is 23.4 Å². The molecule has 1 aromatic heterocycles. The van der Waals surface area contributed by atoms with E-state index >= 15 is 0 Å². The van der Waals surface area contributed by atoms with Crippen LogP contribution in [-0.4, -0.2) is 20.6 Å². The number of thioether (sulfide) groups is 1. The Balaban J connectivity index is 1.94. The Morgan fingerprint density at radius 1 is 1.53 bits per heavy atom. The van der Waals surface area contributed by atoms with Gasteiger partial charge in [0.25, 0.3) is 0 Å². The number of nitrogens with zero attached hydrogens (tertiary/aromatic N) is 2. The maximum absolute atomic E-state index is 9.96. The topological polar surface area (TPSA) is 38.0 Å². The van der Waals surface area contributed by atoms with Crippen LogP contribution in [0.5, 0.6) is 0 Å². The van der Waals surface area contributed by atoms with Crippen molar-refractivity contribution < 1.29 is 5.11 Å². The van der Waals surface area contributed by atoms with Gasteiger partial charge in [0.2, 0.25) is 0 Å². The normalized spacial score (nSPS) is 12.6. The first kappa shape index (κ1) is 12.5. The van der Waals surface area contributed by atoms with Gasteiger partial charge in [-0.3, -0.25) is 4.68 Å². The van der Waals surface area contributed by atoms with Crippen molar-refractivity contribution in [3.63, 3.8) is 0 Å². The third-order valence-electron chi connectivity index (χ3n) is 2.31. The molecule has 0 aliphatic carbocycles. The maximum Gasteiger partial charge on any atom is 0.0914 e. The van der Waals surface area contributed by atoms with Crippen LogP contribution in [0.4, 0.5) is 0 Å². The molecule has 0 aliphatic heterocycles. The van der Waals surface area contributed by atoms with E-state index in [-0.39, 0.29) is 0 Å². The highest BCUT2D eigenvalue weighted by Crippen LogP contribution is 2.26. The van der Waals surface area contributed by atoms with Crippen molar-refractivity contribution >= 4 is 23.4 Å². The highest BCUT2D eigenvalue weighted by molar-refractivity contribution is 7.99. The minimum absolute atomic E-state index is 0.507. The molecule has 17 heavy (non-hydrogen) atoms. The standard InChI is InChI=1S/C12H13ClN2OS/c1-15-7-9(6-14-15)12(16)8-17-11-4-2-3-10(13)5-11/h2-7,12,16H,8H2,1H3. The van der Waals surface area contributed by atoms with Gasteiger partial charge in [-0.25, -0.2) is 0 Å². The molecule has 0 saturated heterocycles. The summed E-state index contributed by atoms with van der Waals surface area (Å²) >= 11 is 7.47. The maximum atomic E-state index is 9.96. The molecule has 1 heterocycles. The van der Waals surface area contributed by atoms with E-state index in [0.29, 0.717) is 10.8 Å². The quantitative estimate of drug-likeness (QED) is 0.867. The van der Waals surface area contributed by atoms with E-state index in [1.165, 1.54) is 0 Å². The lowest BCUT2D eigenvalue weighted by Crippen LogP contribution is -1.99. The van der Waals surface area contributed by atoms with Gasteiger partial charge in [0, 0.05) is 34.5 Å². The second-order valence-corrected chi connectivity index (χ2v) is 5.26. The van der Waals surface area contributed by atoms with Gasteiger partial charge in [-0.05, 0) is 18.2 Å². The molecule has 90 valence electrons. The van der Waals surface area contributed by atoms with Crippen molar-refractivity contribution in [2.24, 2.45) is 7.05 Å². The number of aryl methyl sites for hydroxylation is 1. The summed E-state index contributed by atoms with van der Waals surface area (Å²) in [6.07, 6.45) is 3.00. The van der Waals surface area contributed by atoms with Gasteiger partial charge in [-0.15, -0.1) is 11.8 Å². The number of aliphatic hydroxyl groups excluding tert-OH is 1. The van der Waals surface area contributed by atoms with Crippen molar-refractivity contribution in [2.75, 3.05) is 5.75 Å². The highest BCUT2D eigenvalue weighted by atomic mass is 35.5. The minimum atomic E-state index is -0.507. The van der Waals surface area contributed by atoms with E-state index in [1.807, 2.05) is 37.5 Å². The van der Waals surface area contributed by atoms with E-state index in [4.69, 9.17) is 11.6 Å². The molecule has 1 atom stereocenters. The number of aliphatic hydroxyl groups is 1. The number of halogens is 1. The molecule has 2 aromatic rings. The molecule has 3 nitrogen and oxygen atoms in total. The largest absolute Gasteiger partial charge is 0.387 e. The number of aromatic nitrogens is 2. The van der Waals surface area contributed by atoms with E-state index in [2.05, 4.69) is 5.10 Å². The summed E-state index contributed by atoms with van der Waals surface area (Å²) in [7, 11) is 1.83. The molecule has 0 spiro atoms. The predicted molar refractivity (Wildman–Crippen MR) is 70.3 cm³/mol. The predicted octanol–water partition coefficient (Wildman–Crippen LogP) is 2.90. The summed E-state index contributed by atoms with van der Waals surface area (Å²) in [5.74, 6) is 0.589. The zero-order chi connectivity index (χ0) is 12.3. The molecule has 2 rings (SSSR count). The van der Waals surface area contributed by atoms with Crippen molar-refractivity contribution in [3.05, 3.63) is 47.2 Å². The Labute approximate surface area is 109 Å². The molecule has 0 amide bonds. The number of hydrogen-bond acceptors (Lipinski definition) is 3. The molecular formula is C12H13ClN2OS. The van der Waals surface area contributed by atoms with Crippen LogP contribution in [0, 0.1) is 0 Å². The number of hydrogen-bond donors (Lipinski definition) is 1. The molecule has 0 fully saturated rings. The first-order valence-electron chi connectivity index (χ1n) is 5.20. The van der Waals surface area contributed by atoms with Gasteiger partial charge in [0.1, 0.15) is 0 Å². The Morgan fingerprint density at radius 3 is 3.00 bits per heavy atom. The Bertz CT molecular complexity index is 501. The zero-order valence-electron chi connectivity index (χ0n) is 9.38. The summed E-state index contributed by atoms with van der Waals surface area (Å²) in [4.78, 5) is 1.06. The fraction of sp³-hybridized carbons (Fsp3) is 0.250. The van der Waals surface area contributed by atoms with Crippen LogP contribution in [0.15, 0.2) is 41.6 Å². The molecule has 1 N–H and O–H groups in total. The monoisotopic (exact) mass is 268 g/mol. The van der Waals surface area contributed by atoms with Crippen LogP contribution < -0.4 is 0 Å². The molecule has 0 saturated carbocycles. The second kappa shape index (κ2) is 5.58. The molecule has 1 unspecified atom stereocenters. The molecule has 0 radical (unpaired) electrons. The first-order chi connectivity index (χ1) is 8.15. The summed E-state index contributed by atoms with van der Waals surface area (Å²) in [6, 6.07) is 7.61. The fourth-order valence-electron chi connectivity index (χ4n) is 1.44. The van der Waals surface area contributed by atoms with Gasteiger partial charge < -0.3 is 5.11 Å². The molecule has 1 aromatic carbocycles. The number of rotatable bonds is 4. The summed E-state index contributed by atoms with van der Waals surface area (Å²) < 4.78 is 1.68. The van der Waals surface area contributed by atoms with Crippen LogP contribution in [0.25, 0.3) is 0 Å². The van der Waals surface area contributed by atoms with E-state index in [1.54, 1.807) is 22.6 Å². The Kier molecular flexibility index (Phi) is 4.10. The minimum Gasteiger partial charge on any atom is -0.387 e. The van der Waals surface area contributed by atoms with E-state index in [9.17, 15) is 5.11 Å². The summed E-state index contributed by atoms with van der Waals surface area (Å²) in [6.45, 7) is 0. The molecule has 0 aliphatic rings. The van der Waals surface area contributed by atoms with Crippen LogP contribution in [0.3, 0.4) is 0 Å². The lowest BCUT2D eigenvalue weighted by Gasteiger charge is -2.07. The van der Waals surface area contributed by atoms with Gasteiger partial charge in [-0.1, -0.05) is 17.7 Å². The molecular weight excluding hydrogens is 256 g/mol. The van der Waals surface area contributed by atoms with E-state index < -0.39 is 6.10 Å². The van der Waals surface area contributed by atoms with Crippen molar-refractivity contribution in [3.8, 4) is 0 Å². The Hall–Kier alpha value is -0.970. The first-order valence-corrected chi connectivity index (χ1v) is 6.56. The average Bonchev–Trinajstić information content (AvgIpc) is 2.73. The fourth-order valence-corrected chi connectivity index (χ4v) is 2.62. The van der Waals surface area contributed by atoms with Gasteiger partial charge in [0.15, 0.2) is 0 Å². The molecule has 5 heteroatoms. The van der Waals surface area contributed by atoms with Crippen molar-refractivity contribution in [1.29, 1.82) is 0 Å². The van der Waals surface area contributed by atoms with Crippen LogP contribution in [0.1, 0.15) is 11.7 Å². The third-order valence-corrected chi connectivity index (χ3v) is 3.62. The van der Waals surface area contributed by atoms with E-state index in [0.717, 1.165) is 10.5 Å². The summed E-state index contributed by atoms with van der Waals surface area (Å²) in [5.41, 5.74) is 0.835. The summed E-state index contributed by atoms with van der Waals surface area (Å²) in [5, 5.41) is 14.7. The molecule has 0 bridgehead atoms. The number of benzene rings is 1. The SMILES string of the molecule is Cn1cc(C(O)CSc2cccc(Cl)c2)cn1. The highest BCUT2D eigenvalue weighted by Gasteiger charge is 2.10. The van der Waals surface area contributed by atoms with Gasteiger partial charge >= 0.3 is 0 Å². The second-order valence-electron chi connectivity index (χ2n) is 3.73. The third kappa shape index (κ3) is 3.49. The van der Waals surface area contributed by atoms with Crippen molar-refractivity contribution in [1.82, 2.24) is 9.78 Å². The van der Waals surface area contributed by atoms with Crippen LogP contribution in [-0.2, 0) is 7.05 Å². The lowest BCUT2D eigenvalue weighted by atomic mass is 10.2. The van der Waals surface area contributed by atoms with Crippen molar-refractivity contribution in [2.45, 2.75) is 11.0 Å². The van der Waals surface area contributed by atoms with Crippen LogP contribution in [0.2, 0.25) is 5.02 Å². The van der Waals surface area contributed by atoms with Gasteiger partial charge in [0.05, 0.1) is 12.3 Å². The zero-order valence-corrected chi connectivity index (χ0v) is 10.9. The average molecular weight is 269 g/mol. The smallest absolute Gasteiger partial charge is 0.0914 e. The Morgan fingerprint density at radius 2 is 2.35 bits per heavy atom. The van der Waals surface area contributed by atoms with Gasteiger partial charge in [-0.2, -0.15) is 5.10 Å². The lowest BCUT2D eigenvalue weighted by molar-refractivity contribution is 0.204.